The Kier molecular flexibility index (Phi) is 8.13. The molecular weight excluding hydrogens is 540 g/mol. The average molecular weight is 572 g/mol. The highest BCUT2D eigenvalue weighted by molar-refractivity contribution is 5.76. The minimum Gasteiger partial charge on any atom is -0.480 e. The van der Waals surface area contributed by atoms with Gasteiger partial charge in [0.15, 0.2) is 0 Å². The van der Waals surface area contributed by atoms with E-state index in [1.54, 1.807) is 4.90 Å². The number of carboxylic acids is 1. The smallest absolute Gasteiger partial charge is 0.416 e. The third-order valence-corrected chi connectivity index (χ3v) is 8.14. The molecule has 0 aromatic heterocycles. The number of urea groups is 1. The van der Waals surface area contributed by atoms with Crippen LogP contribution in [0.15, 0.2) is 42.5 Å². The van der Waals surface area contributed by atoms with Gasteiger partial charge in [0.05, 0.1) is 29.8 Å². The van der Waals surface area contributed by atoms with Crippen molar-refractivity contribution in [3.8, 4) is 0 Å². The number of carboxylic acid groups (broad SMARTS) is 1. The van der Waals surface area contributed by atoms with Crippen LogP contribution >= 0.6 is 0 Å². The van der Waals surface area contributed by atoms with E-state index in [9.17, 15) is 41.0 Å². The summed E-state index contributed by atoms with van der Waals surface area (Å²) in [7, 11) is 1.37. The second kappa shape index (κ2) is 10.9. The van der Waals surface area contributed by atoms with Crippen molar-refractivity contribution in [3.05, 3.63) is 70.3 Å². The first-order chi connectivity index (χ1) is 18.6. The summed E-state index contributed by atoms with van der Waals surface area (Å²) in [6, 6.07) is 6.80. The van der Waals surface area contributed by atoms with Gasteiger partial charge < -0.3 is 14.9 Å². The highest BCUT2D eigenvalue weighted by Gasteiger charge is 2.47. The van der Waals surface area contributed by atoms with Gasteiger partial charge in [0, 0.05) is 32.6 Å². The standard InChI is InChI=1S/C28H31F6N3O3/c1-16-6-4-5-7-22(16)25-23-14-36(15-24(38)39)13-18(23)8-9-37(25)26(40)35(3)17(2)19-10-20(27(29,30)31)12-21(11-19)28(32,33)34/h4-7,10-12,17-18,23,25H,8-9,13-15H2,1-3H3,(H,38,39)/t17-,18-,23-,25+/m1/s1. The Morgan fingerprint density at radius 2 is 1.62 bits per heavy atom. The molecule has 2 aromatic rings. The molecule has 1 N–H and O–H groups in total. The fraction of sp³-hybridized carbons (Fsp3) is 0.500. The van der Waals surface area contributed by atoms with E-state index in [1.807, 2.05) is 36.1 Å². The predicted molar refractivity (Wildman–Crippen MR) is 134 cm³/mol. The van der Waals surface area contributed by atoms with Gasteiger partial charge in [-0.25, -0.2) is 4.79 Å². The van der Waals surface area contributed by atoms with Gasteiger partial charge in [0.2, 0.25) is 0 Å². The van der Waals surface area contributed by atoms with Crippen molar-refractivity contribution in [2.45, 2.75) is 44.7 Å². The molecule has 6 nitrogen and oxygen atoms in total. The molecule has 2 aromatic carbocycles. The van der Waals surface area contributed by atoms with Crippen LogP contribution in [0.4, 0.5) is 31.1 Å². The number of carbonyl (C=O) groups is 2. The van der Waals surface area contributed by atoms with E-state index in [4.69, 9.17) is 0 Å². The maximum absolute atomic E-state index is 13.9. The van der Waals surface area contributed by atoms with Gasteiger partial charge in [-0.2, -0.15) is 26.3 Å². The van der Waals surface area contributed by atoms with E-state index in [-0.39, 0.29) is 30.0 Å². The van der Waals surface area contributed by atoms with Crippen LogP contribution < -0.4 is 0 Å². The van der Waals surface area contributed by atoms with Gasteiger partial charge in [-0.3, -0.25) is 9.69 Å². The zero-order valence-corrected chi connectivity index (χ0v) is 22.3. The van der Waals surface area contributed by atoms with Crippen molar-refractivity contribution in [3.63, 3.8) is 0 Å². The first kappa shape index (κ1) is 29.7. The molecule has 0 bridgehead atoms. The number of piperidine rings is 1. The SMILES string of the molecule is Cc1ccccc1[C@H]1[C@@H]2CN(CC(=O)O)C[C@H]2CCN1C(=O)N(C)[C@H](C)c1cc(C(F)(F)F)cc(C(F)(F)F)c1. The van der Waals surface area contributed by atoms with Crippen molar-refractivity contribution in [2.24, 2.45) is 11.8 Å². The number of likely N-dealkylation sites (tertiary alicyclic amines) is 2. The van der Waals surface area contributed by atoms with E-state index >= 15 is 0 Å². The minimum absolute atomic E-state index is 0.0694. The molecule has 0 unspecified atom stereocenters. The van der Waals surface area contributed by atoms with E-state index in [1.165, 1.54) is 18.9 Å². The van der Waals surface area contributed by atoms with Crippen molar-refractivity contribution in [2.75, 3.05) is 33.2 Å². The Morgan fingerprint density at radius 1 is 1.02 bits per heavy atom. The zero-order chi connectivity index (χ0) is 29.6. The summed E-state index contributed by atoms with van der Waals surface area (Å²) in [5.41, 5.74) is -1.36. The van der Waals surface area contributed by atoms with Crippen LogP contribution in [0, 0.1) is 18.8 Å². The number of amides is 2. The molecule has 2 aliphatic heterocycles. The Hall–Kier alpha value is -3.28. The monoisotopic (exact) mass is 571 g/mol. The van der Waals surface area contributed by atoms with Crippen molar-refractivity contribution in [1.29, 1.82) is 0 Å². The molecule has 0 saturated carbocycles. The number of alkyl halides is 6. The van der Waals surface area contributed by atoms with E-state index in [2.05, 4.69) is 0 Å². The minimum atomic E-state index is -5.00. The second-order valence-electron chi connectivity index (χ2n) is 10.7. The Labute approximate surface area is 228 Å². The molecule has 40 heavy (non-hydrogen) atoms. The molecule has 2 aliphatic rings. The summed E-state index contributed by atoms with van der Waals surface area (Å²) in [4.78, 5) is 29.9. The molecule has 4 atom stereocenters. The predicted octanol–water partition coefficient (Wildman–Crippen LogP) is 6.23. The molecule has 12 heteroatoms. The number of hydrogen-bond donors (Lipinski definition) is 1. The molecule has 2 heterocycles. The van der Waals surface area contributed by atoms with Crippen molar-refractivity contribution >= 4 is 12.0 Å². The molecular formula is C28H31F6N3O3. The maximum atomic E-state index is 13.9. The molecule has 218 valence electrons. The van der Waals surface area contributed by atoms with Crippen molar-refractivity contribution in [1.82, 2.24) is 14.7 Å². The lowest BCUT2D eigenvalue weighted by atomic mass is 9.78. The van der Waals surface area contributed by atoms with Crippen LogP contribution in [0.5, 0.6) is 0 Å². The Balaban J connectivity index is 1.68. The van der Waals surface area contributed by atoms with Crippen LogP contribution in [-0.4, -0.2) is 65.0 Å². The maximum Gasteiger partial charge on any atom is 0.416 e. The number of benzene rings is 2. The van der Waals surface area contributed by atoms with Crippen LogP contribution in [0.2, 0.25) is 0 Å². The van der Waals surface area contributed by atoms with Crippen LogP contribution in [0.1, 0.15) is 53.2 Å². The van der Waals surface area contributed by atoms with Crippen molar-refractivity contribution < 1.29 is 41.0 Å². The lowest BCUT2D eigenvalue weighted by Crippen LogP contribution is -2.51. The number of aryl methyl sites for hydroxylation is 1. The summed E-state index contributed by atoms with van der Waals surface area (Å²) >= 11 is 0. The van der Waals surface area contributed by atoms with Gasteiger partial charge >= 0.3 is 24.4 Å². The van der Waals surface area contributed by atoms with Gasteiger partial charge in [-0.05, 0) is 61.1 Å². The number of fused-ring (bicyclic) bond motifs is 1. The highest BCUT2D eigenvalue weighted by Crippen LogP contribution is 2.45. The van der Waals surface area contributed by atoms with E-state index in [0.717, 1.165) is 11.1 Å². The number of rotatable bonds is 5. The molecule has 2 fully saturated rings. The normalized spacial score (nSPS) is 22.6. The van der Waals surface area contributed by atoms with Gasteiger partial charge in [-0.1, -0.05) is 24.3 Å². The number of halogens is 6. The van der Waals surface area contributed by atoms with Gasteiger partial charge in [0.25, 0.3) is 0 Å². The first-order valence-corrected chi connectivity index (χ1v) is 12.9. The lowest BCUT2D eigenvalue weighted by molar-refractivity contribution is -0.143. The topological polar surface area (TPSA) is 64.1 Å². The number of nitrogens with zero attached hydrogens (tertiary/aromatic N) is 3. The van der Waals surface area contributed by atoms with Crippen LogP contribution in [0.3, 0.4) is 0 Å². The fourth-order valence-electron chi connectivity index (χ4n) is 5.99. The number of carbonyl (C=O) groups excluding carboxylic acids is 1. The Bertz CT molecular complexity index is 1230. The third-order valence-electron chi connectivity index (χ3n) is 8.14. The first-order valence-electron chi connectivity index (χ1n) is 12.9. The average Bonchev–Trinajstić information content (AvgIpc) is 3.27. The fourth-order valence-corrected chi connectivity index (χ4v) is 5.99. The summed E-state index contributed by atoms with van der Waals surface area (Å²) < 4.78 is 80.8. The van der Waals surface area contributed by atoms with Crippen LogP contribution in [0.25, 0.3) is 0 Å². The molecule has 2 amide bonds. The number of hydrogen-bond acceptors (Lipinski definition) is 3. The summed E-state index contributed by atoms with van der Waals surface area (Å²) in [5, 5.41) is 9.30. The highest BCUT2D eigenvalue weighted by atomic mass is 19.4. The quantitative estimate of drug-likeness (QED) is 0.433. The number of aliphatic carboxylic acids is 1. The van der Waals surface area contributed by atoms with Gasteiger partial charge in [-0.15, -0.1) is 0 Å². The van der Waals surface area contributed by atoms with Gasteiger partial charge in [0.1, 0.15) is 0 Å². The molecule has 0 spiro atoms. The van der Waals surface area contributed by atoms with E-state index < -0.39 is 47.6 Å². The third kappa shape index (κ3) is 6.06. The largest absolute Gasteiger partial charge is 0.480 e. The summed E-state index contributed by atoms with van der Waals surface area (Å²) in [5.74, 6) is -0.910. The summed E-state index contributed by atoms with van der Waals surface area (Å²) in [6.45, 7) is 4.49. The zero-order valence-electron chi connectivity index (χ0n) is 22.3. The lowest BCUT2D eigenvalue weighted by Gasteiger charge is -2.45. The second-order valence-corrected chi connectivity index (χ2v) is 10.7. The van der Waals surface area contributed by atoms with E-state index in [0.29, 0.717) is 38.2 Å². The molecule has 4 rings (SSSR count). The summed E-state index contributed by atoms with van der Waals surface area (Å²) in [6.07, 6.45) is -9.40. The van der Waals surface area contributed by atoms with Crippen LogP contribution in [-0.2, 0) is 17.1 Å². The Morgan fingerprint density at radius 3 is 2.17 bits per heavy atom. The molecule has 2 saturated heterocycles. The molecule has 0 radical (unpaired) electrons. The molecule has 0 aliphatic carbocycles.